The quantitative estimate of drug-likeness (QED) is 0.419. The standard InChI is InChI=1S/C16H23ClN6O2/c1-4-24-11(2)15-22-14(25-23-15)10-21-16(18-3)19-8-7-12-5-6-13(17)20-9-12/h5-6,9,11H,4,7-8,10H2,1-3H3,(H2,18,19,21). The van der Waals surface area contributed by atoms with Gasteiger partial charge >= 0.3 is 0 Å². The Morgan fingerprint density at radius 2 is 2.24 bits per heavy atom. The van der Waals surface area contributed by atoms with Crippen molar-refractivity contribution in [2.24, 2.45) is 4.99 Å². The van der Waals surface area contributed by atoms with Crippen LogP contribution in [0.25, 0.3) is 0 Å². The van der Waals surface area contributed by atoms with Gasteiger partial charge in [-0.15, -0.1) is 0 Å². The average molecular weight is 367 g/mol. The average Bonchev–Trinajstić information content (AvgIpc) is 3.09. The van der Waals surface area contributed by atoms with Gasteiger partial charge in [0.15, 0.2) is 11.8 Å². The summed E-state index contributed by atoms with van der Waals surface area (Å²) in [6.45, 7) is 5.50. The number of pyridine rings is 1. The minimum absolute atomic E-state index is 0.187. The van der Waals surface area contributed by atoms with Crippen LogP contribution in [0.1, 0.15) is 37.2 Å². The van der Waals surface area contributed by atoms with Gasteiger partial charge in [-0.3, -0.25) is 4.99 Å². The Bertz CT molecular complexity index is 674. The first kappa shape index (κ1) is 19.1. The molecule has 0 spiro atoms. The molecule has 0 aromatic carbocycles. The van der Waals surface area contributed by atoms with Gasteiger partial charge in [0.1, 0.15) is 11.3 Å². The fourth-order valence-corrected chi connectivity index (χ4v) is 2.20. The van der Waals surface area contributed by atoms with Gasteiger partial charge in [0.25, 0.3) is 0 Å². The van der Waals surface area contributed by atoms with Crippen LogP contribution in [-0.2, 0) is 17.7 Å². The highest BCUT2D eigenvalue weighted by Crippen LogP contribution is 2.12. The molecular weight excluding hydrogens is 344 g/mol. The summed E-state index contributed by atoms with van der Waals surface area (Å²) in [5.41, 5.74) is 1.10. The van der Waals surface area contributed by atoms with Crippen molar-refractivity contribution in [3.8, 4) is 0 Å². The third-order valence-electron chi connectivity index (χ3n) is 3.39. The Balaban J connectivity index is 1.75. The second-order valence-corrected chi connectivity index (χ2v) is 5.62. The van der Waals surface area contributed by atoms with Gasteiger partial charge in [-0.2, -0.15) is 4.98 Å². The molecule has 2 aromatic rings. The van der Waals surface area contributed by atoms with Gasteiger partial charge in [0.2, 0.25) is 5.89 Å². The Hall–Kier alpha value is -2.19. The first-order valence-corrected chi connectivity index (χ1v) is 8.49. The SMILES string of the molecule is CCOC(C)c1noc(CNC(=NC)NCCc2ccc(Cl)nc2)n1. The molecule has 0 aliphatic rings. The summed E-state index contributed by atoms with van der Waals surface area (Å²) in [7, 11) is 1.70. The van der Waals surface area contributed by atoms with E-state index in [0.717, 1.165) is 12.0 Å². The van der Waals surface area contributed by atoms with Gasteiger partial charge in [0, 0.05) is 26.4 Å². The molecule has 1 atom stereocenters. The fraction of sp³-hybridized carbons (Fsp3) is 0.500. The van der Waals surface area contributed by atoms with Crippen LogP contribution in [0.5, 0.6) is 0 Å². The Morgan fingerprint density at radius 3 is 2.92 bits per heavy atom. The van der Waals surface area contributed by atoms with E-state index >= 15 is 0 Å². The maximum Gasteiger partial charge on any atom is 0.246 e. The highest BCUT2D eigenvalue weighted by molar-refractivity contribution is 6.29. The lowest BCUT2D eigenvalue weighted by Gasteiger charge is -2.10. The number of hydrogen-bond donors (Lipinski definition) is 2. The predicted molar refractivity (Wildman–Crippen MR) is 95.5 cm³/mol. The summed E-state index contributed by atoms with van der Waals surface area (Å²) in [5.74, 6) is 1.67. The van der Waals surface area contributed by atoms with E-state index in [1.165, 1.54) is 0 Å². The summed E-state index contributed by atoms with van der Waals surface area (Å²) in [4.78, 5) is 12.5. The monoisotopic (exact) mass is 366 g/mol. The molecule has 2 heterocycles. The highest BCUT2D eigenvalue weighted by atomic mass is 35.5. The molecule has 136 valence electrons. The van der Waals surface area contributed by atoms with Crippen LogP contribution in [0.4, 0.5) is 0 Å². The number of aliphatic imine (C=N–C) groups is 1. The van der Waals surface area contributed by atoms with Crippen molar-refractivity contribution in [3.05, 3.63) is 40.8 Å². The van der Waals surface area contributed by atoms with Gasteiger partial charge in [-0.05, 0) is 31.9 Å². The molecule has 9 heteroatoms. The third kappa shape index (κ3) is 6.32. The summed E-state index contributed by atoms with van der Waals surface area (Å²) in [6, 6.07) is 3.73. The number of nitrogens with zero attached hydrogens (tertiary/aromatic N) is 4. The summed E-state index contributed by atoms with van der Waals surface area (Å²) in [6.07, 6.45) is 2.38. The molecule has 0 aliphatic carbocycles. The maximum atomic E-state index is 5.77. The largest absolute Gasteiger partial charge is 0.371 e. The van der Waals surface area contributed by atoms with E-state index in [4.69, 9.17) is 20.9 Å². The smallest absolute Gasteiger partial charge is 0.246 e. The van der Waals surface area contributed by atoms with Gasteiger partial charge in [-0.1, -0.05) is 22.8 Å². The normalized spacial score (nSPS) is 12.9. The molecule has 2 N–H and O–H groups in total. The molecule has 0 fully saturated rings. The van der Waals surface area contributed by atoms with Crippen molar-refractivity contribution in [1.29, 1.82) is 0 Å². The lowest BCUT2D eigenvalue weighted by Crippen LogP contribution is -2.37. The van der Waals surface area contributed by atoms with E-state index in [1.807, 2.05) is 19.9 Å². The van der Waals surface area contributed by atoms with E-state index in [-0.39, 0.29) is 6.10 Å². The van der Waals surface area contributed by atoms with Crippen LogP contribution < -0.4 is 10.6 Å². The molecule has 0 bridgehead atoms. The molecule has 2 rings (SSSR count). The zero-order chi connectivity index (χ0) is 18.1. The molecule has 0 saturated heterocycles. The van der Waals surface area contributed by atoms with E-state index in [9.17, 15) is 0 Å². The zero-order valence-corrected chi connectivity index (χ0v) is 15.4. The first-order valence-electron chi connectivity index (χ1n) is 8.11. The predicted octanol–water partition coefficient (Wildman–Crippen LogP) is 2.12. The van der Waals surface area contributed by atoms with Crippen LogP contribution in [0.2, 0.25) is 5.15 Å². The fourth-order valence-electron chi connectivity index (χ4n) is 2.09. The van der Waals surface area contributed by atoms with Crippen molar-refractivity contribution < 1.29 is 9.26 Å². The minimum Gasteiger partial charge on any atom is -0.371 e. The lowest BCUT2D eigenvalue weighted by molar-refractivity contribution is 0.0683. The topological polar surface area (TPSA) is 97.5 Å². The first-order chi connectivity index (χ1) is 12.1. The van der Waals surface area contributed by atoms with E-state index < -0.39 is 0 Å². The number of aromatic nitrogens is 3. The number of halogens is 1. The van der Waals surface area contributed by atoms with Crippen LogP contribution in [-0.4, -0.2) is 41.3 Å². The van der Waals surface area contributed by atoms with Crippen LogP contribution in [0.3, 0.4) is 0 Å². The van der Waals surface area contributed by atoms with E-state index in [1.54, 1.807) is 19.3 Å². The number of guanidine groups is 1. The van der Waals surface area contributed by atoms with Gasteiger partial charge in [-0.25, -0.2) is 4.98 Å². The van der Waals surface area contributed by atoms with E-state index in [0.29, 0.717) is 42.5 Å². The molecule has 25 heavy (non-hydrogen) atoms. The molecule has 0 saturated carbocycles. The van der Waals surface area contributed by atoms with Crippen molar-refractivity contribution in [2.45, 2.75) is 32.9 Å². The number of rotatable bonds is 8. The molecule has 1 unspecified atom stereocenters. The number of hydrogen-bond acceptors (Lipinski definition) is 6. The summed E-state index contributed by atoms with van der Waals surface area (Å²) < 4.78 is 10.6. The molecule has 2 aromatic heterocycles. The Labute approximate surface area is 152 Å². The van der Waals surface area contributed by atoms with Crippen molar-refractivity contribution in [2.75, 3.05) is 20.2 Å². The Kier molecular flexibility index (Phi) is 7.62. The molecule has 0 amide bonds. The van der Waals surface area contributed by atoms with Gasteiger partial charge < -0.3 is 19.9 Å². The van der Waals surface area contributed by atoms with Crippen molar-refractivity contribution in [1.82, 2.24) is 25.8 Å². The third-order valence-corrected chi connectivity index (χ3v) is 3.61. The number of ether oxygens (including phenoxy) is 1. The molecule has 0 aliphatic heterocycles. The lowest BCUT2D eigenvalue weighted by atomic mass is 10.2. The Morgan fingerprint density at radius 1 is 1.40 bits per heavy atom. The van der Waals surface area contributed by atoms with Crippen LogP contribution in [0.15, 0.2) is 27.8 Å². The number of nitrogens with one attached hydrogen (secondary N) is 2. The second kappa shape index (κ2) is 9.95. The van der Waals surface area contributed by atoms with Crippen molar-refractivity contribution >= 4 is 17.6 Å². The molecule has 8 nitrogen and oxygen atoms in total. The highest BCUT2D eigenvalue weighted by Gasteiger charge is 2.13. The summed E-state index contributed by atoms with van der Waals surface area (Å²) in [5, 5.41) is 10.8. The van der Waals surface area contributed by atoms with Gasteiger partial charge in [0.05, 0.1) is 6.54 Å². The van der Waals surface area contributed by atoms with Crippen LogP contribution in [0, 0.1) is 0 Å². The maximum absolute atomic E-state index is 5.77. The molecular formula is C16H23ClN6O2. The minimum atomic E-state index is -0.187. The second-order valence-electron chi connectivity index (χ2n) is 5.24. The summed E-state index contributed by atoms with van der Waals surface area (Å²) >= 11 is 5.77. The van der Waals surface area contributed by atoms with Crippen LogP contribution >= 0.6 is 11.6 Å². The zero-order valence-electron chi connectivity index (χ0n) is 14.6. The van der Waals surface area contributed by atoms with Crippen molar-refractivity contribution in [3.63, 3.8) is 0 Å². The van der Waals surface area contributed by atoms with E-state index in [2.05, 4.69) is 30.8 Å². The molecule has 0 radical (unpaired) electrons.